The second-order valence-electron chi connectivity index (χ2n) is 7.00. The third-order valence-electron chi connectivity index (χ3n) is 5.23. The Morgan fingerprint density at radius 3 is 2.50 bits per heavy atom. The van der Waals surface area contributed by atoms with E-state index in [-0.39, 0.29) is 24.0 Å². The molecule has 1 fully saturated rings. The van der Waals surface area contributed by atoms with Crippen LogP contribution in [-0.2, 0) is 4.74 Å². The van der Waals surface area contributed by atoms with E-state index in [2.05, 4.69) is 22.5 Å². The van der Waals surface area contributed by atoms with Crippen molar-refractivity contribution in [2.24, 2.45) is 10.4 Å². The predicted octanol–water partition coefficient (Wildman–Crippen LogP) is 4.69. The van der Waals surface area contributed by atoms with Crippen molar-refractivity contribution in [3.63, 3.8) is 0 Å². The summed E-state index contributed by atoms with van der Waals surface area (Å²) in [5.41, 5.74) is 1.23. The van der Waals surface area contributed by atoms with Gasteiger partial charge in [0.2, 0.25) is 0 Å². The number of rotatable bonds is 10. The molecule has 1 aliphatic rings. The van der Waals surface area contributed by atoms with Crippen LogP contribution in [0.1, 0.15) is 46.0 Å². The summed E-state index contributed by atoms with van der Waals surface area (Å²) in [7, 11) is 3.44. The molecule has 1 aromatic carbocycles. The van der Waals surface area contributed by atoms with Crippen molar-refractivity contribution in [2.75, 3.05) is 45.8 Å². The molecule has 0 atom stereocenters. The van der Waals surface area contributed by atoms with Gasteiger partial charge in [-0.2, -0.15) is 0 Å². The van der Waals surface area contributed by atoms with Crippen LogP contribution in [0.3, 0.4) is 0 Å². The van der Waals surface area contributed by atoms with Crippen LogP contribution in [-0.4, -0.2) is 46.5 Å². The maximum absolute atomic E-state index is 5.66. The first-order valence-electron chi connectivity index (χ1n) is 10.0. The van der Waals surface area contributed by atoms with Crippen LogP contribution in [0.25, 0.3) is 0 Å². The number of guanidine groups is 1. The molecule has 0 bridgehead atoms. The SMILES string of the molecule is CCOCCC1(CNC(=NC)Nc2ccc(OC)c(OCC)c2)CCCC1.I. The Bertz CT molecular complexity index is 605. The van der Waals surface area contributed by atoms with Crippen molar-refractivity contribution in [2.45, 2.75) is 46.0 Å². The molecule has 7 heteroatoms. The predicted molar refractivity (Wildman–Crippen MR) is 127 cm³/mol. The van der Waals surface area contributed by atoms with Gasteiger partial charge in [0.1, 0.15) is 0 Å². The minimum atomic E-state index is 0. The standard InChI is InChI=1S/C21H35N3O3.HI/c1-5-26-14-13-21(11-7-8-12-21)16-23-20(22-3)24-17-9-10-18(25-4)19(15-17)27-6-2;/h9-10,15H,5-8,11-14,16H2,1-4H3,(H2,22,23,24);1H. The fourth-order valence-electron chi connectivity index (χ4n) is 3.68. The number of benzene rings is 1. The number of anilines is 1. The highest BCUT2D eigenvalue weighted by atomic mass is 127. The van der Waals surface area contributed by atoms with Gasteiger partial charge in [-0.1, -0.05) is 12.8 Å². The zero-order chi connectivity index (χ0) is 19.5. The second kappa shape index (κ2) is 13.1. The molecule has 6 nitrogen and oxygen atoms in total. The monoisotopic (exact) mass is 505 g/mol. The van der Waals surface area contributed by atoms with E-state index in [9.17, 15) is 0 Å². The Morgan fingerprint density at radius 1 is 1.14 bits per heavy atom. The fourth-order valence-corrected chi connectivity index (χ4v) is 3.68. The number of methoxy groups -OCH3 is 1. The lowest BCUT2D eigenvalue weighted by atomic mass is 9.83. The van der Waals surface area contributed by atoms with E-state index in [1.165, 1.54) is 25.7 Å². The molecule has 28 heavy (non-hydrogen) atoms. The van der Waals surface area contributed by atoms with Crippen molar-refractivity contribution < 1.29 is 14.2 Å². The van der Waals surface area contributed by atoms with Gasteiger partial charge in [0.25, 0.3) is 0 Å². The molecule has 0 aromatic heterocycles. The van der Waals surface area contributed by atoms with Gasteiger partial charge in [-0.05, 0) is 50.7 Å². The molecule has 0 radical (unpaired) electrons. The zero-order valence-corrected chi connectivity index (χ0v) is 20.0. The normalized spacial score (nSPS) is 15.6. The van der Waals surface area contributed by atoms with Gasteiger partial charge in [-0.25, -0.2) is 0 Å². The lowest BCUT2D eigenvalue weighted by Gasteiger charge is -2.30. The molecule has 2 rings (SSSR count). The van der Waals surface area contributed by atoms with E-state index in [4.69, 9.17) is 14.2 Å². The summed E-state index contributed by atoms with van der Waals surface area (Å²) in [5.74, 6) is 2.22. The van der Waals surface area contributed by atoms with Gasteiger partial charge in [0.15, 0.2) is 17.5 Å². The quantitative estimate of drug-likeness (QED) is 0.209. The van der Waals surface area contributed by atoms with E-state index in [0.29, 0.717) is 12.0 Å². The Balaban J connectivity index is 0.00000392. The van der Waals surface area contributed by atoms with Gasteiger partial charge in [-0.3, -0.25) is 4.99 Å². The summed E-state index contributed by atoms with van der Waals surface area (Å²) in [6.45, 7) is 7.14. The molecule has 1 saturated carbocycles. The summed E-state index contributed by atoms with van der Waals surface area (Å²) in [5, 5.41) is 6.88. The Hall–Kier alpha value is -1.22. The van der Waals surface area contributed by atoms with Crippen molar-refractivity contribution >= 4 is 35.6 Å². The lowest BCUT2D eigenvalue weighted by Crippen LogP contribution is -2.40. The van der Waals surface area contributed by atoms with Crippen LogP contribution in [0.5, 0.6) is 11.5 Å². The van der Waals surface area contributed by atoms with Crippen molar-refractivity contribution in [3.8, 4) is 11.5 Å². The van der Waals surface area contributed by atoms with Crippen molar-refractivity contribution in [1.82, 2.24) is 5.32 Å². The summed E-state index contributed by atoms with van der Waals surface area (Å²) >= 11 is 0. The molecule has 0 heterocycles. The van der Waals surface area contributed by atoms with E-state index >= 15 is 0 Å². The Kier molecular flexibility index (Phi) is 11.6. The minimum absolute atomic E-state index is 0. The van der Waals surface area contributed by atoms with Crippen LogP contribution in [0, 0.1) is 5.41 Å². The second-order valence-corrected chi connectivity index (χ2v) is 7.00. The first kappa shape index (κ1) is 24.8. The molecular weight excluding hydrogens is 469 g/mol. The highest BCUT2D eigenvalue weighted by Gasteiger charge is 2.33. The molecular formula is C21H36IN3O3. The molecule has 1 aliphatic carbocycles. The average molecular weight is 505 g/mol. The number of nitrogens with zero attached hydrogens (tertiary/aromatic N) is 1. The van der Waals surface area contributed by atoms with Gasteiger partial charge in [-0.15, -0.1) is 24.0 Å². The third-order valence-corrected chi connectivity index (χ3v) is 5.23. The van der Waals surface area contributed by atoms with E-state index in [0.717, 1.165) is 49.3 Å². The van der Waals surface area contributed by atoms with Gasteiger partial charge in [0, 0.05) is 38.6 Å². The number of nitrogens with one attached hydrogen (secondary N) is 2. The number of ether oxygens (including phenoxy) is 3. The van der Waals surface area contributed by atoms with Crippen LogP contribution in [0.2, 0.25) is 0 Å². The summed E-state index contributed by atoms with van der Waals surface area (Å²) in [6.07, 6.45) is 6.20. The third kappa shape index (κ3) is 7.31. The van der Waals surface area contributed by atoms with Gasteiger partial charge in [0.05, 0.1) is 13.7 Å². The van der Waals surface area contributed by atoms with Crippen LogP contribution >= 0.6 is 24.0 Å². The average Bonchev–Trinajstić information content (AvgIpc) is 3.15. The number of hydrogen-bond acceptors (Lipinski definition) is 4. The highest BCUT2D eigenvalue weighted by Crippen LogP contribution is 2.40. The van der Waals surface area contributed by atoms with Crippen LogP contribution < -0.4 is 20.1 Å². The molecule has 0 unspecified atom stereocenters. The highest BCUT2D eigenvalue weighted by molar-refractivity contribution is 14.0. The molecule has 160 valence electrons. The molecule has 0 amide bonds. The molecule has 0 aliphatic heterocycles. The maximum atomic E-state index is 5.66. The number of aliphatic imine (C=N–C) groups is 1. The smallest absolute Gasteiger partial charge is 0.195 e. The minimum Gasteiger partial charge on any atom is -0.493 e. The summed E-state index contributed by atoms with van der Waals surface area (Å²) < 4.78 is 16.6. The van der Waals surface area contributed by atoms with E-state index in [1.54, 1.807) is 14.2 Å². The number of halogens is 1. The Morgan fingerprint density at radius 2 is 1.89 bits per heavy atom. The summed E-state index contributed by atoms with van der Waals surface area (Å²) in [4.78, 5) is 4.38. The van der Waals surface area contributed by atoms with Gasteiger partial charge >= 0.3 is 0 Å². The topological polar surface area (TPSA) is 64.1 Å². The first-order valence-corrected chi connectivity index (χ1v) is 10.0. The fraction of sp³-hybridized carbons (Fsp3) is 0.667. The maximum Gasteiger partial charge on any atom is 0.195 e. The molecule has 2 N–H and O–H groups in total. The largest absolute Gasteiger partial charge is 0.493 e. The molecule has 0 saturated heterocycles. The molecule has 0 spiro atoms. The van der Waals surface area contributed by atoms with Crippen molar-refractivity contribution in [1.29, 1.82) is 0 Å². The number of hydrogen-bond donors (Lipinski definition) is 2. The lowest BCUT2D eigenvalue weighted by molar-refractivity contribution is 0.105. The van der Waals surface area contributed by atoms with Crippen LogP contribution in [0.4, 0.5) is 5.69 Å². The van der Waals surface area contributed by atoms with E-state index < -0.39 is 0 Å². The van der Waals surface area contributed by atoms with Crippen LogP contribution in [0.15, 0.2) is 23.2 Å². The Labute approximate surface area is 186 Å². The zero-order valence-electron chi connectivity index (χ0n) is 17.7. The first-order chi connectivity index (χ1) is 13.2. The van der Waals surface area contributed by atoms with E-state index in [1.807, 2.05) is 25.1 Å². The van der Waals surface area contributed by atoms with Crippen molar-refractivity contribution in [3.05, 3.63) is 18.2 Å². The summed E-state index contributed by atoms with van der Waals surface area (Å²) in [6, 6.07) is 5.81. The van der Waals surface area contributed by atoms with Gasteiger partial charge < -0.3 is 24.8 Å². The molecule has 1 aromatic rings.